The molecule has 4 rings (SSSR count). The van der Waals surface area contributed by atoms with E-state index in [4.69, 9.17) is 13.3 Å². The lowest BCUT2D eigenvalue weighted by Gasteiger charge is -2.22. The molecule has 32 heavy (non-hydrogen) atoms. The predicted molar refractivity (Wildman–Crippen MR) is 123 cm³/mol. The summed E-state index contributed by atoms with van der Waals surface area (Å²) in [7, 11) is -0.879. The van der Waals surface area contributed by atoms with Crippen LogP contribution in [0.2, 0.25) is 0 Å². The summed E-state index contributed by atoms with van der Waals surface area (Å²) >= 11 is 0. The van der Waals surface area contributed by atoms with Gasteiger partial charge < -0.3 is 18.2 Å². The van der Waals surface area contributed by atoms with Crippen molar-refractivity contribution in [3.63, 3.8) is 0 Å². The third kappa shape index (κ3) is 4.17. The number of anilines is 2. The largest absolute Gasteiger partial charge is 0.493 e. The molecule has 0 unspecified atom stereocenters. The minimum absolute atomic E-state index is 0.0321. The van der Waals surface area contributed by atoms with Gasteiger partial charge in [0.15, 0.2) is 11.5 Å². The Morgan fingerprint density at radius 2 is 1.62 bits per heavy atom. The maximum absolute atomic E-state index is 12.8. The zero-order chi connectivity index (χ0) is 22.9. The molecule has 0 saturated carbocycles. The van der Waals surface area contributed by atoms with Crippen LogP contribution in [0.25, 0.3) is 11.0 Å². The van der Waals surface area contributed by atoms with Gasteiger partial charge in [-0.15, -0.1) is 0 Å². The van der Waals surface area contributed by atoms with E-state index in [-0.39, 0.29) is 16.4 Å². The first-order chi connectivity index (χ1) is 15.3. The first-order valence-corrected chi connectivity index (χ1v) is 11.1. The fourth-order valence-corrected chi connectivity index (χ4v) is 4.25. The Balaban J connectivity index is 1.76. The maximum Gasteiger partial charge on any atom is 0.339 e. The summed E-state index contributed by atoms with van der Waals surface area (Å²) in [5, 5.41) is 0.736. The van der Waals surface area contributed by atoms with Crippen LogP contribution in [0.3, 0.4) is 0 Å². The Morgan fingerprint density at radius 3 is 2.34 bits per heavy atom. The molecule has 0 N–H and O–H groups in total. The number of ether oxygens (including phenoxy) is 1. The van der Waals surface area contributed by atoms with E-state index in [0.717, 1.165) is 10.9 Å². The smallest absolute Gasteiger partial charge is 0.339 e. The second kappa shape index (κ2) is 8.39. The Labute approximate surface area is 185 Å². The summed E-state index contributed by atoms with van der Waals surface area (Å²) in [5.41, 5.74) is 2.10. The van der Waals surface area contributed by atoms with Gasteiger partial charge in [-0.1, -0.05) is 29.8 Å². The van der Waals surface area contributed by atoms with Crippen molar-refractivity contribution in [2.24, 2.45) is 0 Å². The molecule has 0 spiro atoms. The van der Waals surface area contributed by atoms with E-state index in [1.807, 2.05) is 19.1 Å². The van der Waals surface area contributed by atoms with Crippen LogP contribution in [-0.4, -0.2) is 22.6 Å². The Morgan fingerprint density at radius 1 is 0.906 bits per heavy atom. The van der Waals surface area contributed by atoms with Crippen molar-refractivity contribution in [2.75, 3.05) is 19.1 Å². The van der Waals surface area contributed by atoms with E-state index in [2.05, 4.69) is 0 Å². The van der Waals surface area contributed by atoms with Crippen molar-refractivity contribution in [1.82, 2.24) is 0 Å². The van der Waals surface area contributed by atoms with Crippen molar-refractivity contribution in [3.8, 4) is 11.5 Å². The molecule has 0 amide bonds. The standard InChI is InChI=1S/C24H21NO6S/c1-16-8-11-18(12-9-16)32(27,28)31-23-14-17(10-13-22(23)29-3)25(2)20-15-24(26)30-21-7-5-4-6-19(20)21/h4-15H,1-3H3. The van der Waals surface area contributed by atoms with Gasteiger partial charge in [-0.25, -0.2) is 4.79 Å². The van der Waals surface area contributed by atoms with Gasteiger partial charge in [-0.3, -0.25) is 0 Å². The number of fused-ring (bicyclic) bond motifs is 1. The third-order valence-corrected chi connectivity index (χ3v) is 6.28. The van der Waals surface area contributed by atoms with E-state index in [9.17, 15) is 13.2 Å². The van der Waals surface area contributed by atoms with Gasteiger partial charge in [0.05, 0.1) is 12.8 Å². The van der Waals surface area contributed by atoms with Crippen LogP contribution in [0.5, 0.6) is 11.5 Å². The molecule has 164 valence electrons. The summed E-state index contributed by atoms with van der Waals surface area (Å²) in [6.07, 6.45) is 0. The molecule has 3 aromatic carbocycles. The molecule has 0 bridgehead atoms. The van der Waals surface area contributed by atoms with Crippen molar-refractivity contribution < 1.29 is 21.8 Å². The molecule has 1 heterocycles. The van der Waals surface area contributed by atoms with Crippen molar-refractivity contribution >= 4 is 32.5 Å². The number of methoxy groups -OCH3 is 1. The number of nitrogens with zero attached hydrogens (tertiary/aromatic N) is 1. The van der Waals surface area contributed by atoms with Gasteiger partial charge in [-0.05, 0) is 43.3 Å². The normalized spacial score (nSPS) is 11.3. The highest BCUT2D eigenvalue weighted by Crippen LogP contribution is 2.37. The van der Waals surface area contributed by atoms with Crippen LogP contribution in [0, 0.1) is 6.92 Å². The minimum Gasteiger partial charge on any atom is -0.493 e. The lowest BCUT2D eigenvalue weighted by atomic mass is 10.1. The average molecular weight is 452 g/mol. The monoisotopic (exact) mass is 451 g/mol. The van der Waals surface area contributed by atoms with Crippen LogP contribution in [0.15, 0.2) is 86.9 Å². The average Bonchev–Trinajstić information content (AvgIpc) is 2.78. The van der Waals surface area contributed by atoms with Crippen LogP contribution in [0.4, 0.5) is 11.4 Å². The van der Waals surface area contributed by atoms with Crippen molar-refractivity contribution in [1.29, 1.82) is 0 Å². The number of hydrogen-bond acceptors (Lipinski definition) is 7. The Kier molecular flexibility index (Phi) is 5.63. The molecule has 4 aromatic rings. The lowest BCUT2D eigenvalue weighted by molar-refractivity contribution is 0.390. The summed E-state index contributed by atoms with van der Waals surface area (Å²) in [6, 6.07) is 19.8. The van der Waals surface area contributed by atoms with Gasteiger partial charge in [0.2, 0.25) is 0 Å². The van der Waals surface area contributed by atoms with Gasteiger partial charge in [0.1, 0.15) is 10.5 Å². The molecule has 0 atom stereocenters. The van der Waals surface area contributed by atoms with E-state index in [1.54, 1.807) is 54.4 Å². The fourth-order valence-electron chi connectivity index (χ4n) is 3.32. The molecule has 7 nitrogen and oxygen atoms in total. The number of hydrogen-bond donors (Lipinski definition) is 0. The SMILES string of the molecule is COc1ccc(N(C)c2cc(=O)oc3ccccc23)cc1OS(=O)(=O)c1ccc(C)cc1. The molecule has 1 aromatic heterocycles. The van der Waals surface area contributed by atoms with E-state index >= 15 is 0 Å². The highest BCUT2D eigenvalue weighted by molar-refractivity contribution is 7.87. The van der Waals surface area contributed by atoms with E-state index in [1.165, 1.54) is 25.3 Å². The Bertz CT molecular complexity index is 1440. The molecule has 0 fully saturated rings. The summed E-state index contributed by atoms with van der Waals surface area (Å²) in [4.78, 5) is 13.9. The van der Waals surface area contributed by atoms with Crippen LogP contribution >= 0.6 is 0 Å². The highest BCUT2D eigenvalue weighted by Gasteiger charge is 2.21. The van der Waals surface area contributed by atoms with E-state index < -0.39 is 15.7 Å². The fraction of sp³-hybridized carbons (Fsp3) is 0.125. The molecule has 0 aliphatic heterocycles. The quantitative estimate of drug-likeness (QED) is 0.312. The van der Waals surface area contributed by atoms with Gasteiger partial charge >= 0.3 is 15.7 Å². The topological polar surface area (TPSA) is 86.0 Å². The molecule has 0 saturated heterocycles. The van der Waals surface area contributed by atoms with Crippen molar-refractivity contribution in [2.45, 2.75) is 11.8 Å². The van der Waals surface area contributed by atoms with Crippen LogP contribution in [0.1, 0.15) is 5.56 Å². The number of rotatable bonds is 6. The zero-order valence-corrected chi connectivity index (χ0v) is 18.5. The zero-order valence-electron chi connectivity index (χ0n) is 17.7. The molecule has 8 heteroatoms. The first kappa shape index (κ1) is 21.5. The molecule has 0 radical (unpaired) electrons. The molecule has 0 aliphatic rings. The molecular weight excluding hydrogens is 430 g/mol. The second-order valence-electron chi connectivity index (χ2n) is 7.19. The van der Waals surface area contributed by atoms with Crippen LogP contribution in [-0.2, 0) is 10.1 Å². The summed E-state index contributed by atoms with van der Waals surface area (Å²) < 4.78 is 41.6. The van der Waals surface area contributed by atoms with Gasteiger partial charge in [0, 0.05) is 30.3 Å². The number of benzene rings is 3. The van der Waals surface area contributed by atoms with E-state index in [0.29, 0.717) is 17.0 Å². The van der Waals surface area contributed by atoms with Crippen molar-refractivity contribution in [3.05, 3.63) is 88.8 Å². The molecular formula is C24H21NO6S. The highest BCUT2D eigenvalue weighted by atomic mass is 32.2. The summed E-state index contributed by atoms with van der Waals surface area (Å²) in [5.74, 6) is 0.292. The third-order valence-electron chi connectivity index (χ3n) is 5.03. The maximum atomic E-state index is 12.8. The lowest BCUT2D eigenvalue weighted by Crippen LogP contribution is -2.14. The Hall–Kier alpha value is -3.78. The van der Waals surface area contributed by atoms with Crippen LogP contribution < -0.4 is 19.4 Å². The minimum atomic E-state index is -4.07. The predicted octanol–water partition coefficient (Wildman–Crippen LogP) is 4.65. The number of para-hydroxylation sites is 1. The number of aryl methyl sites for hydroxylation is 1. The van der Waals surface area contributed by atoms with Gasteiger partial charge in [0.25, 0.3) is 0 Å². The molecule has 0 aliphatic carbocycles. The van der Waals surface area contributed by atoms with Gasteiger partial charge in [-0.2, -0.15) is 8.42 Å². The summed E-state index contributed by atoms with van der Waals surface area (Å²) in [6.45, 7) is 1.87. The first-order valence-electron chi connectivity index (χ1n) is 9.74. The second-order valence-corrected chi connectivity index (χ2v) is 8.74.